The fraction of sp³-hybridized carbons (Fsp3) is 0.250. The number of benzene rings is 1. The van der Waals surface area contributed by atoms with E-state index in [1.807, 2.05) is 23.9 Å². The maximum Gasteiger partial charge on any atom is 0.101 e. The van der Waals surface area contributed by atoms with E-state index in [1.54, 1.807) is 12.1 Å². The van der Waals surface area contributed by atoms with E-state index in [4.69, 9.17) is 11.0 Å². The van der Waals surface area contributed by atoms with Crippen LogP contribution in [-0.4, -0.2) is 18.1 Å². The molecule has 0 aliphatic heterocycles. The lowest BCUT2D eigenvalue weighted by Crippen LogP contribution is -2.04. The number of nitriles is 1. The molecule has 3 N–H and O–H groups in total. The van der Waals surface area contributed by atoms with Crippen LogP contribution >= 0.6 is 11.8 Å². The summed E-state index contributed by atoms with van der Waals surface area (Å²) >= 11 is 1.82. The number of nitrogens with one attached hydrogen (secondary N) is 1. The summed E-state index contributed by atoms with van der Waals surface area (Å²) in [6, 6.07) is 7.47. The Hall–Kier alpha value is -1.60. The molecule has 0 fully saturated rings. The molecule has 0 radical (unpaired) electrons. The first-order valence-electron chi connectivity index (χ1n) is 5.00. The third kappa shape index (κ3) is 3.87. The van der Waals surface area contributed by atoms with Gasteiger partial charge in [0.15, 0.2) is 0 Å². The van der Waals surface area contributed by atoms with Crippen molar-refractivity contribution in [1.82, 2.24) is 0 Å². The molecule has 0 spiro atoms. The summed E-state index contributed by atoms with van der Waals surface area (Å²) in [5.74, 6) is 1.98. The highest BCUT2D eigenvalue weighted by Crippen LogP contribution is 2.16. The van der Waals surface area contributed by atoms with E-state index >= 15 is 0 Å². The van der Waals surface area contributed by atoms with Gasteiger partial charge in [-0.05, 0) is 18.2 Å². The zero-order valence-corrected chi connectivity index (χ0v) is 9.89. The molecular formula is C12H15N3S. The van der Waals surface area contributed by atoms with Crippen molar-refractivity contribution in [3.05, 3.63) is 36.4 Å². The number of nitrogens with two attached hydrogens (primary N) is 1. The van der Waals surface area contributed by atoms with Gasteiger partial charge in [0.1, 0.15) is 6.07 Å². The second-order valence-electron chi connectivity index (χ2n) is 3.20. The summed E-state index contributed by atoms with van der Waals surface area (Å²) in [4.78, 5) is 0. The number of rotatable bonds is 6. The Labute approximate surface area is 100 Å². The SMILES string of the molecule is C=CCSCCNc1ccc(N)c(C#N)c1. The molecule has 1 rings (SSSR count). The Balaban J connectivity index is 2.43. The molecule has 0 atom stereocenters. The van der Waals surface area contributed by atoms with E-state index in [0.717, 1.165) is 23.7 Å². The molecular weight excluding hydrogens is 218 g/mol. The molecule has 1 aromatic rings. The standard InChI is InChI=1S/C12H15N3S/c1-2-6-16-7-5-15-11-3-4-12(14)10(8-11)9-13/h2-4,8,15H,1,5-7,14H2. The van der Waals surface area contributed by atoms with Crippen molar-refractivity contribution < 1.29 is 0 Å². The van der Waals surface area contributed by atoms with E-state index in [-0.39, 0.29) is 0 Å². The van der Waals surface area contributed by atoms with E-state index in [2.05, 4.69) is 18.0 Å². The van der Waals surface area contributed by atoms with E-state index in [1.165, 1.54) is 0 Å². The van der Waals surface area contributed by atoms with Crippen molar-refractivity contribution >= 4 is 23.1 Å². The van der Waals surface area contributed by atoms with Crippen LogP contribution in [0.3, 0.4) is 0 Å². The second kappa shape index (κ2) is 6.81. The van der Waals surface area contributed by atoms with Crippen molar-refractivity contribution in [3.63, 3.8) is 0 Å². The van der Waals surface area contributed by atoms with Gasteiger partial charge in [-0.2, -0.15) is 17.0 Å². The highest BCUT2D eigenvalue weighted by Gasteiger charge is 1.99. The predicted molar refractivity (Wildman–Crippen MR) is 71.6 cm³/mol. The molecule has 1 aromatic carbocycles. The summed E-state index contributed by atoms with van der Waals surface area (Å²) in [6.45, 7) is 4.53. The molecule has 0 heterocycles. The largest absolute Gasteiger partial charge is 0.398 e. The maximum absolute atomic E-state index is 8.81. The Bertz CT molecular complexity index is 396. The minimum Gasteiger partial charge on any atom is -0.398 e. The molecule has 3 nitrogen and oxygen atoms in total. The van der Waals surface area contributed by atoms with E-state index in [0.29, 0.717) is 11.3 Å². The van der Waals surface area contributed by atoms with Crippen LogP contribution in [0, 0.1) is 11.3 Å². The van der Waals surface area contributed by atoms with Gasteiger partial charge in [-0.1, -0.05) is 6.08 Å². The lowest BCUT2D eigenvalue weighted by molar-refractivity contribution is 1.23. The minimum absolute atomic E-state index is 0.517. The fourth-order valence-electron chi connectivity index (χ4n) is 1.20. The average Bonchev–Trinajstić information content (AvgIpc) is 2.31. The van der Waals surface area contributed by atoms with Crippen molar-refractivity contribution in [2.24, 2.45) is 0 Å². The lowest BCUT2D eigenvalue weighted by Gasteiger charge is -2.06. The second-order valence-corrected chi connectivity index (χ2v) is 4.35. The number of hydrogen-bond donors (Lipinski definition) is 2. The third-order valence-electron chi connectivity index (χ3n) is 1.98. The highest BCUT2D eigenvalue weighted by molar-refractivity contribution is 7.99. The third-order valence-corrected chi connectivity index (χ3v) is 2.95. The van der Waals surface area contributed by atoms with Crippen molar-refractivity contribution in [2.75, 3.05) is 29.1 Å². The highest BCUT2D eigenvalue weighted by atomic mass is 32.2. The topological polar surface area (TPSA) is 61.8 Å². The van der Waals surface area contributed by atoms with Crippen LogP contribution in [0.1, 0.15) is 5.56 Å². The molecule has 0 aliphatic carbocycles. The normalized spacial score (nSPS) is 9.44. The summed E-state index contributed by atoms with van der Waals surface area (Å²) in [7, 11) is 0. The Kier molecular flexibility index (Phi) is 5.30. The summed E-state index contributed by atoms with van der Waals surface area (Å²) in [6.07, 6.45) is 1.89. The Morgan fingerprint density at radius 1 is 1.56 bits per heavy atom. The van der Waals surface area contributed by atoms with Gasteiger partial charge < -0.3 is 11.1 Å². The smallest absolute Gasteiger partial charge is 0.101 e. The number of thioether (sulfide) groups is 1. The fourth-order valence-corrected chi connectivity index (χ4v) is 1.78. The molecule has 0 saturated carbocycles. The Morgan fingerprint density at radius 2 is 2.38 bits per heavy atom. The van der Waals surface area contributed by atoms with Gasteiger partial charge in [0.05, 0.1) is 5.56 Å². The monoisotopic (exact) mass is 233 g/mol. The summed E-state index contributed by atoms with van der Waals surface area (Å²) < 4.78 is 0. The average molecular weight is 233 g/mol. The van der Waals surface area contributed by atoms with Crippen molar-refractivity contribution in [1.29, 1.82) is 5.26 Å². The molecule has 4 heteroatoms. The van der Waals surface area contributed by atoms with Crippen LogP contribution < -0.4 is 11.1 Å². The first-order chi connectivity index (χ1) is 7.77. The van der Waals surface area contributed by atoms with Crippen LogP contribution in [0.4, 0.5) is 11.4 Å². The molecule has 0 saturated heterocycles. The zero-order valence-electron chi connectivity index (χ0n) is 9.07. The van der Waals surface area contributed by atoms with Gasteiger partial charge in [0.25, 0.3) is 0 Å². The Morgan fingerprint density at radius 3 is 3.06 bits per heavy atom. The van der Waals surface area contributed by atoms with Gasteiger partial charge in [-0.15, -0.1) is 6.58 Å². The van der Waals surface area contributed by atoms with Crippen LogP contribution in [-0.2, 0) is 0 Å². The zero-order chi connectivity index (χ0) is 11.8. The predicted octanol–water partition coefficient (Wildman–Crippen LogP) is 2.47. The van der Waals surface area contributed by atoms with Crippen molar-refractivity contribution in [2.45, 2.75) is 0 Å². The lowest BCUT2D eigenvalue weighted by atomic mass is 10.2. The van der Waals surface area contributed by atoms with Gasteiger partial charge >= 0.3 is 0 Å². The van der Waals surface area contributed by atoms with Gasteiger partial charge in [0.2, 0.25) is 0 Å². The van der Waals surface area contributed by atoms with Crippen LogP contribution in [0.2, 0.25) is 0 Å². The number of anilines is 2. The van der Waals surface area contributed by atoms with Gasteiger partial charge in [-0.25, -0.2) is 0 Å². The summed E-state index contributed by atoms with van der Waals surface area (Å²) in [5.41, 5.74) is 7.60. The molecule has 0 aliphatic rings. The first-order valence-corrected chi connectivity index (χ1v) is 6.15. The molecule has 84 valence electrons. The van der Waals surface area contributed by atoms with Crippen LogP contribution in [0.5, 0.6) is 0 Å². The van der Waals surface area contributed by atoms with Gasteiger partial charge in [0, 0.05) is 29.4 Å². The summed E-state index contributed by atoms with van der Waals surface area (Å²) in [5, 5.41) is 12.1. The molecule has 0 amide bonds. The minimum atomic E-state index is 0.517. The van der Waals surface area contributed by atoms with Crippen molar-refractivity contribution in [3.8, 4) is 6.07 Å². The molecule has 16 heavy (non-hydrogen) atoms. The maximum atomic E-state index is 8.81. The van der Waals surface area contributed by atoms with Crippen LogP contribution in [0.25, 0.3) is 0 Å². The van der Waals surface area contributed by atoms with Crippen LogP contribution in [0.15, 0.2) is 30.9 Å². The number of nitrogen functional groups attached to an aromatic ring is 1. The molecule has 0 aromatic heterocycles. The number of nitrogens with zero attached hydrogens (tertiary/aromatic N) is 1. The quantitative estimate of drug-likeness (QED) is 0.450. The van der Waals surface area contributed by atoms with E-state index in [9.17, 15) is 0 Å². The van der Waals surface area contributed by atoms with E-state index < -0.39 is 0 Å². The molecule has 0 bridgehead atoms. The molecule has 0 unspecified atom stereocenters. The first kappa shape index (κ1) is 12.5. The number of hydrogen-bond acceptors (Lipinski definition) is 4. The van der Waals surface area contributed by atoms with Gasteiger partial charge in [-0.3, -0.25) is 0 Å².